The number of nitrogen functional groups attached to an aromatic ring is 1. The van der Waals surface area contributed by atoms with Gasteiger partial charge in [-0.1, -0.05) is 42.5 Å². The number of fused-ring (bicyclic) bond motifs is 1. The summed E-state index contributed by atoms with van der Waals surface area (Å²) in [5.41, 5.74) is 6.35. The van der Waals surface area contributed by atoms with Gasteiger partial charge in [0.2, 0.25) is 0 Å². The van der Waals surface area contributed by atoms with Crippen LogP contribution in [0.4, 0.5) is 5.69 Å². The minimum atomic E-state index is -1.74. The van der Waals surface area contributed by atoms with Crippen LogP contribution < -0.4 is 21.7 Å². The Balaban J connectivity index is 0.00000432. The second-order valence-electron chi connectivity index (χ2n) is 7.90. The van der Waals surface area contributed by atoms with Crippen molar-refractivity contribution in [2.24, 2.45) is 5.73 Å². The first-order valence-electron chi connectivity index (χ1n) is 10.6. The molecule has 0 saturated heterocycles. The largest absolute Gasteiger partial charge is 0.479 e. The summed E-state index contributed by atoms with van der Waals surface area (Å²) in [4.78, 5) is 36.5. The second kappa shape index (κ2) is 11.5. The van der Waals surface area contributed by atoms with Crippen molar-refractivity contribution in [2.75, 3.05) is 18.9 Å². The number of carbonyl (C=O) groups excluding carboxylic acids is 2. The Morgan fingerprint density at radius 3 is 2.31 bits per heavy atom. The van der Waals surface area contributed by atoms with E-state index in [0.29, 0.717) is 23.4 Å². The number of anilines is 1. The predicted molar refractivity (Wildman–Crippen MR) is 138 cm³/mol. The van der Waals surface area contributed by atoms with Crippen molar-refractivity contribution in [3.8, 4) is 0 Å². The first-order valence-corrected chi connectivity index (χ1v) is 10.6. The SMILES string of the molecule is CNC(CNc1ccc2c(C(=O)NCc3ccc(C(=N)N)cc3)cccc2c1)(C(C)=O)C(=O)O.Cl. The Morgan fingerprint density at radius 1 is 1.06 bits per heavy atom. The molecule has 3 rings (SSSR count). The molecule has 0 heterocycles. The molecule has 0 aliphatic carbocycles. The average molecular weight is 498 g/mol. The number of likely N-dealkylation sites (N-methyl/N-ethyl adjacent to an activating group) is 1. The summed E-state index contributed by atoms with van der Waals surface area (Å²) >= 11 is 0. The fourth-order valence-corrected chi connectivity index (χ4v) is 3.63. The first kappa shape index (κ1) is 27.3. The summed E-state index contributed by atoms with van der Waals surface area (Å²) < 4.78 is 0. The molecule has 3 aromatic carbocycles. The van der Waals surface area contributed by atoms with Gasteiger partial charge in [0, 0.05) is 23.4 Å². The van der Waals surface area contributed by atoms with Crippen LogP contribution in [0, 0.1) is 5.41 Å². The van der Waals surface area contributed by atoms with E-state index in [9.17, 15) is 19.5 Å². The lowest BCUT2D eigenvalue weighted by Gasteiger charge is -2.26. The van der Waals surface area contributed by atoms with Gasteiger partial charge in [-0.3, -0.25) is 20.3 Å². The molecule has 0 saturated carbocycles. The van der Waals surface area contributed by atoms with Gasteiger partial charge in [-0.2, -0.15) is 0 Å². The van der Waals surface area contributed by atoms with E-state index in [0.717, 1.165) is 16.3 Å². The van der Waals surface area contributed by atoms with Crippen LogP contribution in [0.15, 0.2) is 60.7 Å². The van der Waals surface area contributed by atoms with Crippen LogP contribution in [0.1, 0.15) is 28.4 Å². The molecule has 0 aromatic heterocycles. The fraction of sp³-hybridized carbons (Fsp3) is 0.200. The summed E-state index contributed by atoms with van der Waals surface area (Å²) in [5, 5.41) is 27.0. The first-order chi connectivity index (χ1) is 16.2. The number of amidine groups is 1. The average Bonchev–Trinajstić information content (AvgIpc) is 2.82. The Labute approximate surface area is 209 Å². The number of hydrogen-bond donors (Lipinski definition) is 6. The van der Waals surface area contributed by atoms with E-state index in [-0.39, 0.29) is 30.7 Å². The van der Waals surface area contributed by atoms with Crippen molar-refractivity contribution in [3.63, 3.8) is 0 Å². The van der Waals surface area contributed by atoms with E-state index >= 15 is 0 Å². The molecule has 1 atom stereocenters. The van der Waals surface area contributed by atoms with E-state index in [1.807, 2.05) is 6.07 Å². The number of ketones is 1. The molecule has 3 aromatic rings. The third kappa shape index (κ3) is 5.95. The molecule has 0 aliphatic rings. The van der Waals surface area contributed by atoms with Crippen molar-refractivity contribution in [2.45, 2.75) is 19.0 Å². The maximum Gasteiger partial charge on any atom is 0.333 e. The van der Waals surface area contributed by atoms with Crippen LogP contribution in [0.2, 0.25) is 0 Å². The molecule has 9 nitrogen and oxygen atoms in total. The highest BCUT2D eigenvalue weighted by atomic mass is 35.5. The zero-order chi connectivity index (χ0) is 24.9. The second-order valence-corrected chi connectivity index (χ2v) is 7.90. The van der Waals surface area contributed by atoms with Crippen molar-refractivity contribution in [3.05, 3.63) is 77.4 Å². The minimum absolute atomic E-state index is 0. The van der Waals surface area contributed by atoms with Gasteiger partial charge in [-0.15, -0.1) is 12.4 Å². The van der Waals surface area contributed by atoms with E-state index in [1.54, 1.807) is 54.6 Å². The van der Waals surface area contributed by atoms with Crippen molar-refractivity contribution in [1.29, 1.82) is 5.41 Å². The summed E-state index contributed by atoms with van der Waals surface area (Å²) in [6.07, 6.45) is 0. The van der Waals surface area contributed by atoms with Gasteiger partial charge in [-0.05, 0) is 48.5 Å². The van der Waals surface area contributed by atoms with Crippen molar-refractivity contribution in [1.82, 2.24) is 10.6 Å². The number of carbonyl (C=O) groups is 3. The molecule has 0 radical (unpaired) electrons. The summed E-state index contributed by atoms with van der Waals surface area (Å²) in [7, 11) is 1.43. The van der Waals surface area contributed by atoms with Gasteiger partial charge >= 0.3 is 5.97 Å². The number of hydrogen-bond acceptors (Lipinski definition) is 6. The highest BCUT2D eigenvalue weighted by Gasteiger charge is 2.42. The van der Waals surface area contributed by atoms with Gasteiger partial charge < -0.3 is 21.5 Å². The van der Waals surface area contributed by atoms with Crippen LogP contribution in [0.25, 0.3) is 10.8 Å². The topological polar surface area (TPSA) is 157 Å². The van der Waals surface area contributed by atoms with Crippen LogP contribution in [-0.4, -0.2) is 47.7 Å². The predicted octanol–water partition coefficient (Wildman–Crippen LogP) is 2.52. The third-order valence-electron chi connectivity index (χ3n) is 5.79. The van der Waals surface area contributed by atoms with Crippen LogP contribution in [-0.2, 0) is 16.1 Å². The maximum absolute atomic E-state index is 12.8. The van der Waals surface area contributed by atoms with Crippen LogP contribution >= 0.6 is 12.4 Å². The molecular formula is C25H28ClN5O4. The normalized spacial score (nSPS) is 12.2. The van der Waals surface area contributed by atoms with Gasteiger partial charge in [-0.25, -0.2) is 4.79 Å². The Bertz CT molecular complexity index is 1250. The number of Topliss-reactive ketones (excluding diaryl/α,β-unsaturated/α-hetero) is 1. The lowest BCUT2D eigenvalue weighted by Crippen LogP contribution is -2.60. The van der Waals surface area contributed by atoms with Crippen LogP contribution in [0.5, 0.6) is 0 Å². The van der Waals surface area contributed by atoms with Crippen molar-refractivity contribution >= 4 is 52.4 Å². The molecule has 1 unspecified atom stereocenters. The number of nitrogens with one attached hydrogen (secondary N) is 4. The number of benzene rings is 3. The molecule has 0 spiro atoms. The number of nitrogens with two attached hydrogens (primary N) is 1. The molecule has 10 heteroatoms. The number of aliphatic carboxylic acids is 1. The maximum atomic E-state index is 12.8. The van der Waals surface area contributed by atoms with Crippen LogP contribution in [0.3, 0.4) is 0 Å². The molecule has 0 aliphatic heterocycles. The molecule has 184 valence electrons. The standard InChI is InChI=1S/C25H27N5O4.ClH/c1-15(31)25(28-2,24(33)34)14-30-19-10-11-20-18(12-19)4-3-5-21(20)23(32)29-13-16-6-8-17(9-7-16)22(26)27;/h3-12,28,30H,13-14H2,1-2H3,(H3,26,27)(H,29,32)(H,33,34);1H. The molecular weight excluding hydrogens is 470 g/mol. The number of halogens is 1. The highest BCUT2D eigenvalue weighted by molar-refractivity contribution is 6.08. The Kier molecular flexibility index (Phi) is 8.93. The number of amides is 1. The zero-order valence-electron chi connectivity index (χ0n) is 19.3. The smallest absolute Gasteiger partial charge is 0.333 e. The summed E-state index contributed by atoms with van der Waals surface area (Å²) in [6, 6.07) is 17.8. The van der Waals surface area contributed by atoms with E-state index in [2.05, 4.69) is 16.0 Å². The van der Waals surface area contributed by atoms with Gasteiger partial charge in [0.15, 0.2) is 11.3 Å². The summed E-state index contributed by atoms with van der Waals surface area (Å²) in [6.45, 7) is 1.41. The van der Waals surface area contributed by atoms with E-state index < -0.39 is 17.3 Å². The molecule has 7 N–H and O–H groups in total. The monoisotopic (exact) mass is 497 g/mol. The Hall–Kier alpha value is -3.95. The van der Waals surface area contributed by atoms with E-state index in [4.69, 9.17) is 11.1 Å². The van der Waals surface area contributed by atoms with E-state index in [1.165, 1.54) is 14.0 Å². The lowest BCUT2D eigenvalue weighted by atomic mass is 9.94. The summed E-state index contributed by atoms with van der Waals surface area (Å²) in [5.74, 6) is -2.02. The quantitative estimate of drug-likeness (QED) is 0.143. The molecule has 1 amide bonds. The number of carboxylic acid groups (broad SMARTS) is 1. The highest BCUT2D eigenvalue weighted by Crippen LogP contribution is 2.23. The number of rotatable bonds is 10. The number of carboxylic acids is 1. The minimum Gasteiger partial charge on any atom is -0.479 e. The fourth-order valence-electron chi connectivity index (χ4n) is 3.63. The Morgan fingerprint density at radius 2 is 1.74 bits per heavy atom. The lowest BCUT2D eigenvalue weighted by molar-refractivity contribution is -0.148. The zero-order valence-corrected chi connectivity index (χ0v) is 20.2. The van der Waals surface area contributed by atoms with Crippen molar-refractivity contribution < 1.29 is 19.5 Å². The molecule has 0 bridgehead atoms. The van der Waals surface area contributed by atoms with Gasteiger partial charge in [0.25, 0.3) is 5.91 Å². The third-order valence-corrected chi connectivity index (χ3v) is 5.79. The molecule has 35 heavy (non-hydrogen) atoms. The molecule has 0 fully saturated rings. The van der Waals surface area contributed by atoms with Gasteiger partial charge in [0.05, 0.1) is 6.54 Å². The van der Waals surface area contributed by atoms with Gasteiger partial charge in [0.1, 0.15) is 5.84 Å².